The third kappa shape index (κ3) is 6.86. The molecular formula is C21H33NO5. The average Bonchev–Trinajstić information content (AvgIpc) is 2.66. The highest BCUT2D eigenvalue weighted by Crippen LogP contribution is 2.26. The van der Waals surface area contributed by atoms with Gasteiger partial charge < -0.3 is 19.5 Å². The Labute approximate surface area is 162 Å². The lowest BCUT2D eigenvalue weighted by atomic mass is 9.96. The summed E-state index contributed by atoms with van der Waals surface area (Å²) in [6.45, 7) is 8.42. The van der Waals surface area contributed by atoms with Gasteiger partial charge in [0, 0.05) is 12.8 Å². The number of hydrogen-bond acceptors (Lipinski definition) is 5. The first kappa shape index (κ1) is 23.0. The minimum Gasteiger partial charge on any atom is -0.492 e. The molecule has 0 unspecified atom stereocenters. The summed E-state index contributed by atoms with van der Waals surface area (Å²) < 4.78 is 16.0. The third-order valence-corrected chi connectivity index (χ3v) is 4.40. The number of anilines is 1. The highest BCUT2D eigenvalue weighted by Gasteiger charge is 2.32. The molecule has 0 aromatic heterocycles. The van der Waals surface area contributed by atoms with Gasteiger partial charge in [0.05, 0.1) is 13.7 Å². The molecule has 6 nitrogen and oxygen atoms in total. The van der Waals surface area contributed by atoms with Crippen molar-refractivity contribution in [3.63, 3.8) is 0 Å². The predicted octanol–water partition coefficient (Wildman–Crippen LogP) is 4.43. The molecule has 1 amide bonds. The molecule has 0 fully saturated rings. The Hall–Kier alpha value is -2.08. The Morgan fingerprint density at radius 3 is 2.44 bits per heavy atom. The summed E-state index contributed by atoms with van der Waals surface area (Å²) >= 11 is 0. The number of methoxy groups -OCH3 is 2. The van der Waals surface area contributed by atoms with Gasteiger partial charge in [-0.05, 0) is 37.5 Å². The van der Waals surface area contributed by atoms with E-state index in [1.807, 2.05) is 13.8 Å². The largest absolute Gasteiger partial charge is 0.492 e. The fraction of sp³-hybridized carbons (Fsp3) is 0.619. The Balaban J connectivity index is 2.98. The van der Waals surface area contributed by atoms with Gasteiger partial charge >= 0.3 is 5.97 Å². The van der Waals surface area contributed by atoms with Crippen molar-refractivity contribution in [2.24, 2.45) is 5.92 Å². The van der Waals surface area contributed by atoms with E-state index in [1.165, 1.54) is 14.2 Å². The van der Waals surface area contributed by atoms with Gasteiger partial charge in [-0.25, -0.2) is 4.79 Å². The molecular weight excluding hydrogens is 346 g/mol. The van der Waals surface area contributed by atoms with Crippen molar-refractivity contribution >= 4 is 17.6 Å². The van der Waals surface area contributed by atoms with Crippen LogP contribution in [0.2, 0.25) is 0 Å². The van der Waals surface area contributed by atoms with Gasteiger partial charge in [0.25, 0.3) is 5.91 Å². The van der Waals surface area contributed by atoms with Gasteiger partial charge in [-0.2, -0.15) is 0 Å². The SMILES string of the molecule is CCCCC[C@](C)(OC)C(=O)Nc1ccc(OCC(C)C)c(C(=O)OC)c1. The number of ether oxygens (including phenoxy) is 3. The van der Waals surface area contributed by atoms with Crippen molar-refractivity contribution in [2.75, 3.05) is 26.1 Å². The number of hydrogen-bond donors (Lipinski definition) is 1. The van der Waals surface area contributed by atoms with Gasteiger partial charge in [0.1, 0.15) is 16.9 Å². The molecule has 1 aromatic rings. The monoisotopic (exact) mass is 379 g/mol. The summed E-state index contributed by atoms with van der Waals surface area (Å²) in [5.74, 6) is 0.00137. The van der Waals surface area contributed by atoms with E-state index in [1.54, 1.807) is 25.1 Å². The lowest BCUT2D eigenvalue weighted by Crippen LogP contribution is -2.42. The van der Waals surface area contributed by atoms with E-state index in [4.69, 9.17) is 14.2 Å². The number of unbranched alkanes of at least 4 members (excludes halogenated alkanes) is 2. The quantitative estimate of drug-likeness (QED) is 0.455. The van der Waals surface area contributed by atoms with Crippen LogP contribution in [0.15, 0.2) is 18.2 Å². The van der Waals surface area contributed by atoms with E-state index in [0.717, 1.165) is 19.3 Å². The fourth-order valence-electron chi connectivity index (χ4n) is 2.54. The van der Waals surface area contributed by atoms with Gasteiger partial charge in [-0.15, -0.1) is 0 Å². The predicted molar refractivity (Wildman–Crippen MR) is 106 cm³/mol. The zero-order valence-electron chi connectivity index (χ0n) is 17.4. The maximum Gasteiger partial charge on any atom is 0.341 e. The summed E-state index contributed by atoms with van der Waals surface area (Å²) in [6.07, 6.45) is 3.65. The standard InChI is InChI=1S/C21H33NO5/c1-7-8-9-12-21(4,26-6)20(24)22-16-10-11-18(27-14-15(2)3)17(13-16)19(23)25-5/h10-11,13,15H,7-9,12,14H2,1-6H3,(H,22,24)/t21-/m0/s1. The molecule has 0 aliphatic carbocycles. The van der Waals surface area contributed by atoms with Crippen LogP contribution < -0.4 is 10.1 Å². The Morgan fingerprint density at radius 2 is 1.89 bits per heavy atom. The molecule has 0 bridgehead atoms. The van der Waals surface area contributed by atoms with E-state index in [9.17, 15) is 9.59 Å². The summed E-state index contributed by atoms with van der Waals surface area (Å²) in [6, 6.07) is 4.95. The number of carbonyl (C=O) groups excluding carboxylic acids is 2. The molecule has 0 aliphatic heterocycles. The smallest absolute Gasteiger partial charge is 0.341 e. The first-order valence-corrected chi connectivity index (χ1v) is 9.49. The summed E-state index contributed by atoms with van der Waals surface area (Å²) in [7, 11) is 2.85. The first-order chi connectivity index (χ1) is 12.8. The van der Waals surface area contributed by atoms with Crippen molar-refractivity contribution in [2.45, 2.75) is 59.0 Å². The van der Waals surface area contributed by atoms with E-state index < -0.39 is 11.6 Å². The molecule has 1 N–H and O–H groups in total. The highest BCUT2D eigenvalue weighted by atomic mass is 16.5. The lowest BCUT2D eigenvalue weighted by molar-refractivity contribution is -0.136. The molecule has 0 spiro atoms. The molecule has 0 radical (unpaired) electrons. The van der Waals surface area contributed by atoms with Crippen LogP contribution in [0.4, 0.5) is 5.69 Å². The zero-order valence-corrected chi connectivity index (χ0v) is 17.4. The van der Waals surface area contributed by atoms with Crippen molar-refractivity contribution in [1.82, 2.24) is 0 Å². The summed E-state index contributed by atoms with van der Waals surface area (Å²) in [5.41, 5.74) is -0.148. The number of benzene rings is 1. The Morgan fingerprint density at radius 1 is 1.19 bits per heavy atom. The van der Waals surface area contributed by atoms with Crippen molar-refractivity contribution in [1.29, 1.82) is 0 Å². The van der Waals surface area contributed by atoms with E-state index >= 15 is 0 Å². The maximum absolute atomic E-state index is 12.7. The van der Waals surface area contributed by atoms with Crippen LogP contribution in [0, 0.1) is 5.92 Å². The molecule has 1 atom stereocenters. The molecule has 1 rings (SSSR count). The fourth-order valence-corrected chi connectivity index (χ4v) is 2.54. The van der Waals surface area contributed by atoms with Crippen LogP contribution in [0.1, 0.15) is 63.7 Å². The van der Waals surface area contributed by atoms with Crippen LogP contribution in [-0.4, -0.2) is 38.3 Å². The van der Waals surface area contributed by atoms with Crippen LogP contribution >= 0.6 is 0 Å². The number of amides is 1. The molecule has 1 aromatic carbocycles. The number of carbonyl (C=O) groups is 2. The first-order valence-electron chi connectivity index (χ1n) is 9.49. The van der Waals surface area contributed by atoms with Crippen LogP contribution in [-0.2, 0) is 14.3 Å². The number of rotatable bonds is 11. The molecule has 0 saturated heterocycles. The zero-order chi connectivity index (χ0) is 20.4. The van der Waals surface area contributed by atoms with E-state index in [-0.39, 0.29) is 11.5 Å². The molecule has 6 heteroatoms. The van der Waals surface area contributed by atoms with E-state index in [2.05, 4.69) is 12.2 Å². The van der Waals surface area contributed by atoms with Crippen molar-refractivity contribution in [3.05, 3.63) is 23.8 Å². The molecule has 152 valence electrons. The molecule has 27 heavy (non-hydrogen) atoms. The minimum atomic E-state index is -0.923. The second-order valence-electron chi connectivity index (χ2n) is 7.25. The normalized spacial score (nSPS) is 13.1. The van der Waals surface area contributed by atoms with Crippen molar-refractivity contribution in [3.8, 4) is 5.75 Å². The van der Waals surface area contributed by atoms with Crippen molar-refractivity contribution < 1.29 is 23.8 Å². The summed E-state index contributed by atoms with van der Waals surface area (Å²) in [4.78, 5) is 24.8. The maximum atomic E-state index is 12.7. The number of nitrogens with one attached hydrogen (secondary N) is 1. The third-order valence-electron chi connectivity index (χ3n) is 4.40. The van der Waals surface area contributed by atoms with Gasteiger partial charge in [-0.1, -0.05) is 40.0 Å². The Kier molecular flexibility index (Phi) is 9.29. The second kappa shape index (κ2) is 10.9. The molecule has 0 saturated carbocycles. The molecule has 0 aliphatic rings. The van der Waals surface area contributed by atoms with E-state index in [0.29, 0.717) is 30.4 Å². The number of esters is 1. The topological polar surface area (TPSA) is 73.9 Å². The highest BCUT2D eigenvalue weighted by molar-refractivity contribution is 5.99. The van der Waals surface area contributed by atoms with Gasteiger partial charge in [0.15, 0.2) is 0 Å². The minimum absolute atomic E-state index is 0.243. The second-order valence-corrected chi connectivity index (χ2v) is 7.25. The summed E-state index contributed by atoms with van der Waals surface area (Å²) in [5, 5.41) is 2.84. The molecule has 0 heterocycles. The van der Waals surface area contributed by atoms with Crippen LogP contribution in [0.5, 0.6) is 5.75 Å². The van der Waals surface area contributed by atoms with Gasteiger partial charge in [0.2, 0.25) is 0 Å². The lowest BCUT2D eigenvalue weighted by Gasteiger charge is -2.27. The van der Waals surface area contributed by atoms with Gasteiger partial charge in [-0.3, -0.25) is 4.79 Å². The Bertz CT molecular complexity index is 629. The van der Waals surface area contributed by atoms with Crippen LogP contribution in [0.3, 0.4) is 0 Å². The van der Waals surface area contributed by atoms with Crippen LogP contribution in [0.25, 0.3) is 0 Å². The average molecular weight is 379 g/mol.